The Labute approximate surface area is 135 Å². The van der Waals surface area contributed by atoms with Crippen LogP contribution >= 0.6 is 11.3 Å². The third-order valence-electron chi connectivity index (χ3n) is 3.81. The molecule has 2 aromatic rings. The van der Waals surface area contributed by atoms with Crippen molar-refractivity contribution in [2.75, 3.05) is 0 Å². The average molecular weight is 334 g/mol. The molecule has 0 spiro atoms. The van der Waals surface area contributed by atoms with E-state index in [1.807, 2.05) is 0 Å². The summed E-state index contributed by atoms with van der Waals surface area (Å²) in [5.74, 6) is 0. The fourth-order valence-electron chi connectivity index (χ4n) is 2.69. The molecule has 0 saturated heterocycles. The van der Waals surface area contributed by atoms with Crippen LogP contribution in [0.1, 0.15) is 40.0 Å². The quantitative estimate of drug-likeness (QED) is 0.689. The molecule has 0 N–H and O–H groups in total. The van der Waals surface area contributed by atoms with E-state index in [1.54, 1.807) is 6.07 Å². The van der Waals surface area contributed by atoms with Crippen molar-refractivity contribution in [1.82, 2.24) is 0 Å². The van der Waals surface area contributed by atoms with Crippen molar-refractivity contribution < 1.29 is 13.2 Å². The number of alkyl halides is 3. The number of rotatable bonds is 2. The molecule has 1 aliphatic carbocycles. The zero-order valence-electron chi connectivity index (χ0n) is 12.2. The van der Waals surface area contributed by atoms with E-state index in [0.717, 1.165) is 43.4 Å². The molecule has 1 heterocycles. The Kier molecular flexibility index (Phi) is 4.22. The Morgan fingerprint density at radius 1 is 1.22 bits per heavy atom. The topological polar surface area (TPSA) is 36.1 Å². The minimum absolute atomic E-state index is 0.370. The van der Waals surface area contributed by atoms with E-state index in [2.05, 4.69) is 11.1 Å². The molecule has 0 bridgehead atoms. The maximum absolute atomic E-state index is 12.7. The highest BCUT2D eigenvalue weighted by molar-refractivity contribution is 7.16. The molecule has 23 heavy (non-hydrogen) atoms. The molecule has 0 fully saturated rings. The summed E-state index contributed by atoms with van der Waals surface area (Å²) in [6.45, 7) is 0. The van der Waals surface area contributed by atoms with Crippen LogP contribution in [0.2, 0.25) is 0 Å². The van der Waals surface area contributed by atoms with E-state index in [9.17, 15) is 18.4 Å². The third kappa shape index (κ3) is 3.30. The molecular formula is C17H13F3N2S. The van der Waals surface area contributed by atoms with Crippen molar-refractivity contribution in [3.63, 3.8) is 0 Å². The molecule has 1 aromatic carbocycles. The van der Waals surface area contributed by atoms with Crippen molar-refractivity contribution in [3.05, 3.63) is 51.4 Å². The van der Waals surface area contributed by atoms with E-state index in [4.69, 9.17) is 0 Å². The molecule has 0 amide bonds. The van der Waals surface area contributed by atoms with Gasteiger partial charge in [-0.1, -0.05) is 12.1 Å². The van der Waals surface area contributed by atoms with Gasteiger partial charge in [0.15, 0.2) is 0 Å². The van der Waals surface area contributed by atoms with Crippen LogP contribution < -0.4 is 0 Å². The summed E-state index contributed by atoms with van der Waals surface area (Å²) >= 11 is 1.47. The number of aliphatic imine (C=N–C) groups is 1. The maximum atomic E-state index is 12.7. The zero-order chi connectivity index (χ0) is 16.4. The fourth-order valence-corrected chi connectivity index (χ4v) is 3.87. The van der Waals surface area contributed by atoms with Gasteiger partial charge in [0.25, 0.3) is 0 Å². The summed E-state index contributed by atoms with van der Waals surface area (Å²) in [5.41, 5.74) is 1.32. The van der Waals surface area contributed by atoms with Gasteiger partial charge in [0, 0.05) is 11.1 Å². The largest absolute Gasteiger partial charge is 0.416 e. The summed E-state index contributed by atoms with van der Waals surface area (Å²) < 4.78 is 38.2. The second-order valence-electron chi connectivity index (χ2n) is 5.38. The van der Waals surface area contributed by atoms with E-state index in [-0.39, 0.29) is 0 Å². The van der Waals surface area contributed by atoms with Crippen LogP contribution in [0.25, 0.3) is 0 Å². The monoisotopic (exact) mass is 334 g/mol. The van der Waals surface area contributed by atoms with Gasteiger partial charge in [-0.25, -0.2) is 4.99 Å². The molecule has 2 nitrogen and oxygen atoms in total. The van der Waals surface area contributed by atoms with Gasteiger partial charge in [0.1, 0.15) is 11.1 Å². The van der Waals surface area contributed by atoms with Gasteiger partial charge < -0.3 is 0 Å². The van der Waals surface area contributed by atoms with Crippen LogP contribution in [0.3, 0.4) is 0 Å². The van der Waals surface area contributed by atoms with Crippen molar-refractivity contribution in [1.29, 1.82) is 5.26 Å². The number of hydrogen-bond acceptors (Lipinski definition) is 3. The third-order valence-corrected chi connectivity index (χ3v) is 5.01. The zero-order valence-corrected chi connectivity index (χ0v) is 13.0. The van der Waals surface area contributed by atoms with Gasteiger partial charge in [0.05, 0.1) is 11.1 Å². The molecule has 0 unspecified atom stereocenters. The van der Waals surface area contributed by atoms with Gasteiger partial charge in [-0.3, -0.25) is 0 Å². The van der Waals surface area contributed by atoms with Crippen LogP contribution in [0.15, 0.2) is 29.3 Å². The Bertz CT molecular complexity index is 797. The van der Waals surface area contributed by atoms with Crippen LogP contribution in [0.5, 0.6) is 0 Å². The number of halogens is 3. The lowest BCUT2D eigenvalue weighted by Gasteiger charge is -2.09. The average Bonchev–Trinajstić information content (AvgIpc) is 2.90. The number of hydrogen-bond donors (Lipinski definition) is 0. The number of aryl methyl sites for hydroxylation is 1. The maximum Gasteiger partial charge on any atom is 0.416 e. The highest BCUT2D eigenvalue weighted by Gasteiger charge is 2.30. The van der Waals surface area contributed by atoms with Gasteiger partial charge in [-0.05, 0) is 48.9 Å². The Hall–Kier alpha value is -2.13. The minimum Gasteiger partial charge on any atom is -0.244 e. The second kappa shape index (κ2) is 6.17. The van der Waals surface area contributed by atoms with E-state index >= 15 is 0 Å². The lowest BCUT2D eigenvalue weighted by Crippen LogP contribution is -2.04. The molecule has 3 rings (SSSR count). The van der Waals surface area contributed by atoms with Crippen molar-refractivity contribution in [3.8, 4) is 6.07 Å². The van der Waals surface area contributed by atoms with Gasteiger partial charge in [-0.2, -0.15) is 18.4 Å². The fraction of sp³-hybridized carbons (Fsp3) is 0.294. The van der Waals surface area contributed by atoms with Crippen molar-refractivity contribution >= 4 is 22.6 Å². The first-order valence-electron chi connectivity index (χ1n) is 7.25. The number of fused-ring (bicyclic) bond motifs is 1. The first kappa shape index (κ1) is 15.8. The predicted octanol–water partition coefficient (Wildman–Crippen LogP) is 5.27. The summed E-state index contributed by atoms with van der Waals surface area (Å²) in [5, 5.41) is 9.94. The second-order valence-corrected chi connectivity index (χ2v) is 6.47. The van der Waals surface area contributed by atoms with E-state index < -0.39 is 11.7 Å². The molecule has 6 heteroatoms. The van der Waals surface area contributed by atoms with Gasteiger partial charge >= 0.3 is 6.18 Å². The lowest BCUT2D eigenvalue weighted by atomic mass is 9.96. The Morgan fingerprint density at radius 2 is 2.00 bits per heavy atom. The highest BCUT2D eigenvalue weighted by Crippen LogP contribution is 2.39. The van der Waals surface area contributed by atoms with Gasteiger partial charge in [-0.15, -0.1) is 11.3 Å². The summed E-state index contributed by atoms with van der Waals surface area (Å²) in [6.07, 6.45) is 1.03. The molecule has 0 radical (unpaired) electrons. The normalized spacial score (nSPS) is 14.7. The summed E-state index contributed by atoms with van der Waals surface area (Å²) in [6, 6.07) is 7.20. The number of nitrogens with zero attached hydrogens (tertiary/aromatic N) is 2. The molecule has 0 atom stereocenters. The van der Waals surface area contributed by atoms with Gasteiger partial charge in [0.2, 0.25) is 0 Å². The first-order valence-corrected chi connectivity index (χ1v) is 8.06. The van der Waals surface area contributed by atoms with Crippen LogP contribution in [-0.2, 0) is 19.0 Å². The smallest absolute Gasteiger partial charge is 0.244 e. The van der Waals surface area contributed by atoms with E-state index in [0.29, 0.717) is 16.1 Å². The molecule has 1 aliphatic rings. The SMILES string of the molecule is N#Cc1c(/N=C/c2cccc(C(F)(F)F)c2)sc2c1CCCC2. The Balaban J connectivity index is 1.92. The molecule has 0 saturated carbocycles. The van der Waals surface area contributed by atoms with Crippen molar-refractivity contribution in [2.45, 2.75) is 31.9 Å². The first-order chi connectivity index (χ1) is 11.0. The Morgan fingerprint density at radius 3 is 2.74 bits per heavy atom. The molecule has 1 aromatic heterocycles. The minimum atomic E-state index is -4.37. The summed E-state index contributed by atoms with van der Waals surface area (Å²) in [7, 11) is 0. The van der Waals surface area contributed by atoms with Crippen LogP contribution in [-0.4, -0.2) is 6.21 Å². The van der Waals surface area contributed by atoms with Crippen LogP contribution in [0.4, 0.5) is 18.2 Å². The number of thiophene rings is 1. The molecular weight excluding hydrogens is 321 g/mol. The molecule has 118 valence electrons. The number of benzene rings is 1. The van der Waals surface area contributed by atoms with Crippen molar-refractivity contribution in [2.24, 2.45) is 4.99 Å². The standard InChI is InChI=1S/C17H13F3N2S/c18-17(19,20)12-5-3-4-11(8-12)10-22-16-14(9-21)13-6-1-2-7-15(13)23-16/h3-5,8,10H,1-2,6-7H2/b22-10+. The number of nitriles is 1. The highest BCUT2D eigenvalue weighted by atomic mass is 32.1. The summed E-state index contributed by atoms with van der Waals surface area (Å²) in [4.78, 5) is 5.46. The van der Waals surface area contributed by atoms with E-state index in [1.165, 1.54) is 28.5 Å². The van der Waals surface area contributed by atoms with Crippen LogP contribution in [0, 0.1) is 11.3 Å². The predicted molar refractivity (Wildman–Crippen MR) is 84.4 cm³/mol. The lowest BCUT2D eigenvalue weighted by molar-refractivity contribution is -0.137. The molecule has 0 aliphatic heterocycles.